The SMILES string of the molecule is O=C(O)c1cc(O)c([O-])c(O)c1.O=C(O)c1cc(O)c([O-])c(O)c1.O=C(O)c1cc(O)c([O-])c(O)c1.O=C(O)c1cc(O)c([O-])c(O)c1.O=C(O)c1cc(O)c([O-])c(O)c1.[V]. The Labute approximate surface area is 348 Å². The molecule has 61 heavy (non-hydrogen) atoms. The van der Waals surface area contributed by atoms with Crippen molar-refractivity contribution in [1.82, 2.24) is 0 Å². The maximum absolute atomic E-state index is 10.7. The molecule has 0 aliphatic heterocycles. The van der Waals surface area contributed by atoms with Gasteiger partial charge in [0.2, 0.25) is 0 Å². The van der Waals surface area contributed by atoms with E-state index in [1.54, 1.807) is 0 Å². The number of benzene rings is 5. The fourth-order valence-corrected chi connectivity index (χ4v) is 3.61. The molecule has 0 amide bonds. The minimum atomic E-state index is -1.32. The molecule has 5 aromatic rings. The minimum absolute atomic E-state index is 0. The predicted molar refractivity (Wildman–Crippen MR) is 181 cm³/mol. The Kier molecular flexibility index (Phi) is 18.9. The van der Waals surface area contributed by atoms with Crippen LogP contribution in [0.2, 0.25) is 0 Å². The molecule has 0 saturated heterocycles. The smallest absolute Gasteiger partial charge is 0.335 e. The number of carboxylic acids is 5. The van der Waals surface area contributed by atoms with Gasteiger partial charge in [0.25, 0.3) is 0 Å². The molecular weight excluding hydrogens is 871 g/mol. The summed E-state index contributed by atoms with van der Waals surface area (Å²) in [6.45, 7) is 0. The zero-order chi connectivity index (χ0) is 46.5. The summed E-state index contributed by atoms with van der Waals surface area (Å²) < 4.78 is 0. The zero-order valence-corrected chi connectivity index (χ0v) is 30.9. The number of carboxylic acid groups (broad SMARTS) is 5. The maximum atomic E-state index is 10.7. The summed E-state index contributed by atoms with van der Waals surface area (Å²) in [6, 6.07) is 7.82. The summed E-state index contributed by atoms with van der Waals surface area (Å²) >= 11 is 0. The average molecular weight is 897 g/mol. The molecule has 0 aliphatic rings. The molecule has 0 heterocycles. The first kappa shape index (κ1) is 52.0. The van der Waals surface area contributed by atoms with Crippen LogP contribution in [0.5, 0.6) is 86.2 Å². The van der Waals surface area contributed by atoms with Crippen molar-refractivity contribution in [2.24, 2.45) is 0 Å². The van der Waals surface area contributed by atoms with E-state index in [4.69, 9.17) is 76.6 Å². The van der Waals surface area contributed by atoms with Crippen LogP contribution in [0.1, 0.15) is 51.8 Å². The largest absolute Gasteiger partial charge is 0.867 e. The van der Waals surface area contributed by atoms with Crippen molar-refractivity contribution in [3.05, 3.63) is 88.5 Å². The summed E-state index contributed by atoms with van der Waals surface area (Å²) in [7, 11) is 0. The average Bonchev–Trinajstić information content (AvgIpc) is 3.15. The molecule has 0 spiro atoms. The van der Waals surface area contributed by atoms with Crippen LogP contribution in [-0.4, -0.2) is 106 Å². The molecule has 0 aromatic heterocycles. The van der Waals surface area contributed by atoms with Gasteiger partial charge in [-0.2, -0.15) is 0 Å². The summed E-state index contributed by atoms with van der Waals surface area (Å²) in [6.07, 6.45) is 0. The van der Waals surface area contributed by atoms with Gasteiger partial charge in [-0.25, -0.2) is 24.0 Å². The van der Waals surface area contributed by atoms with Crippen molar-refractivity contribution in [3.8, 4) is 86.2 Å². The molecule has 25 nitrogen and oxygen atoms in total. The van der Waals surface area contributed by atoms with Gasteiger partial charge in [0.05, 0.1) is 27.8 Å². The Hall–Kier alpha value is -8.97. The molecular formula is C35H25O25V-5. The third-order valence-corrected chi connectivity index (χ3v) is 6.48. The van der Waals surface area contributed by atoms with Gasteiger partial charge in [0, 0.05) is 18.6 Å². The van der Waals surface area contributed by atoms with E-state index in [0.29, 0.717) is 0 Å². The van der Waals surface area contributed by atoms with Crippen LogP contribution in [-0.2, 0) is 18.6 Å². The summed E-state index contributed by atoms with van der Waals surface area (Å²) in [5.41, 5.74) is -1.65. The van der Waals surface area contributed by atoms with Gasteiger partial charge in [-0.15, -0.1) is 0 Å². The number of rotatable bonds is 5. The molecule has 0 aliphatic carbocycles. The molecule has 0 atom stereocenters. The number of hydrogen-bond acceptors (Lipinski definition) is 20. The number of phenolic OH excluding ortho intramolecular Hbond substituents is 10. The first-order valence-electron chi connectivity index (χ1n) is 14.9. The molecule has 5 rings (SSSR count). The monoisotopic (exact) mass is 896 g/mol. The van der Waals surface area contributed by atoms with Crippen LogP contribution in [0.4, 0.5) is 0 Å². The topological polar surface area (TPSA) is 504 Å². The molecule has 0 bridgehead atoms. The van der Waals surface area contributed by atoms with Crippen molar-refractivity contribution >= 4 is 29.8 Å². The second-order valence-corrected chi connectivity index (χ2v) is 10.7. The van der Waals surface area contributed by atoms with E-state index >= 15 is 0 Å². The molecule has 5 aromatic carbocycles. The number of aromatic hydroxyl groups is 10. The van der Waals surface area contributed by atoms with Gasteiger partial charge in [-0.3, -0.25) is 0 Å². The van der Waals surface area contributed by atoms with E-state index in [0.717, 1.165) is 60.7 Å². The fraction of sp³-hybridized carbons (Fsp3) is 0. The number of aromatic carboxylic acids is 5. The molecule has 0 unspecified atom stereocenters. The first-order chi connectivity index (χ1) is 27.6. The second kappa shape index (κ2) is 22.1. The van der Waals surface area contributed by atoms with Crippen LogP contribution in [0, 0.1) is 0 Å². The fourth-order valence-electron chi connectivity index (χ4n) is 3.61. The number of hydrogen-bond donors (Lipinski definition) is 15. The van der Waals surface area contributed by atoms with Crippen molar-refractivity contribution in [2.75, 3.05) is 0 Å². The van der Waals surface area contributed by atoms with E-state index in [1.807, 2.05) is 0 Å². The molecule has 0 fully saturated rings. The zero-order valence-electron chi connectivity index (χ0n) is 29.5. The van der Waals surface area contributed by atoms with Crippen LogP contribution in [0.15, 0.2) is 60.7 Å². The van der Waals surface area contributed by atoms with Crippen LogP contribution < -0.4 is 25.5 Å². The summed E-state index contributed by atoms with van der Waals surface area (Å²) in [4.78, 5) is 51.5. The Morgan fingerprint density at radius 3 is 0.410 bits per heavy atom. The van der Waals surface area contributed by atoms with Crippen molar-refractivity contribution < 1.29 is 145 Å². The molecule has 0 saturated carbocycles. The van der Waals surface area contributed by atoms with Gasteiger partial charge in [0.1, 0.15) is 57.5 Å². The molecule has 26 heteroatoms. The van der Waals surface area contributed by atoms with Crippen LogP contribution in [0.25, 0.3) is 0 Å². The van der Waals surface area contributed by atoms with Crippen LogP contribution in [0.3, 0.4) is 0 Å². The Balaban J connectivity index is 0.000000735. The Morgan fingerprint density at radius 2 is 0.344 bits per heavy atom. The maximum Gasteiger partial charge on any atom is 0.335 e. The van der Waals surface area contributed by atoms with E-state index in [1.165, 1.54) is 0 Å². The van der Waals surface area contributed by atoms with E-state index < -0.39 is 116 Å². The molecule has 325 valence electrons. The third-order valence-electron chi connectivity index (χ3n) is 6.48. The normalized spacial score (nSPS) is 9.51. The Bertz CT molecular complexity index is 1940. The van der Waals surface area contributed by atoms with Crippen molar-refractivity contribution in [3.63, 3.8) is 0 Å². The summed E-state index contributed by atoms with van der Waals surface area (Å²) in [5, 5.41) is 183. The number of carbonyl (C=O) groups is 5. The molecule has 1 radical (unpaired) electrons. The standard InChI is InChI=1S/5C7H6O5.V/c5*8-4-1-3(7(11)12)2-5(9)6(4)10;/h5*1-2,8-10H,(H,11,12);/p-5. The molecule has 15 N–H and O–H groups in total. The second-order valence-electron chi connectivity index (χ2n) is 10.7. The van der Waals surface area contributed by atoms with Crippen molar-refractivity contribution in [2.45, 2.75) is 0 Å². The first-order valence-corrected chi connectivity index (χ1v) is 14.9. The van der Waals surface area contributed by atoms with Gasteiger partial charge in [0.15, 0.2) is 0 Å². The summed E-state index contributed by atoms with van der Waals surface area (Å²) in [5.74, 6) is -19.2. The van der Waals surface area contributed by atoms with Crippen LogP contribution >= 0.6 is 0 Å². The van der Waals surface area contributed by atoms with E-state index in [2.05, 4.69) is 0 Å². The van der Waals surface area contributed by atoms with Gasteiger partial charge in [-0.05, 0) is 89.4 Å². The third kappa shape index (κ3) is 14.8. The van der Waals surface area contributed by atoms with Crippen molar-refractivity contribution in [1.29, 1.82) is 0 Å². The van der Waals surface area contributed by atoms with E-state index in [9.17, 15) is 49.5 Å². The number of phenols is 10. The van der Waals surface area contributed by atoms with Gasteiger partial charge in [-0.1, -0.05) is 0 Å². The predicted octanol–water partition coefficient (Wildman–Crippen LogP) is -0.655. The van der Waals surface area contributed by atoms with Gasteiger partial charge >= 0.3 is 29.8 Å². The van der Waals surface area contributed by atoms with Gasteiger partial charge < -0.3 is 102 Å². The van der Waals surface area contributed by atoms with E-state index in [-0.39, 0.29) is 46.4 Å². The minimum Gasteiger partial charge on any atom is -0.867 e. The Morgan fingerprint density at radius 1 is 0.262 bits per heavy atom. The quantitative estimate of drug-likeness (QED) is 0.104.